The van der Waals surface area contributed by atoms with Gasteiger partial charge in [-0.1, -0.05) is 26.0 Å². The molecular formula is C23H27N5O3. The topological polar surface area (TPSA) is 86.7 Å². The summed E-state index contributed by atoms with van der Waals surface area (Å²) in [6, 6.07) is 7.97. The molecule has 162 valence electrons. The second-order valence-corrected chi connectivity index (χ2v) is 8.36. The standard InChI is InChI=1S/C23H27N5O3/c1-16(2)17-4-3-5-19(12-17)28-15-18(13-21(28)29)22(30)26-8-10-27(11-9-26)23(31)20-14-24-6-7-25-20/h3-7,12,14,16,18H,8-11,13,15H2,1-2H3. The fourth-order valence-corrected chi connectivity index (χ4v) is 4.13. The van der Waals surface area contributed by atoms with Gasteiger partial charge >= 0.3 is 0 Å². The Bertz CT molecular complexity index is 970. The Hall–Kier alpha value is -3.29. The predicted molar refractivity (Wildman–Crippen MR) is 116 cm³/mol. The van der Waals surface area contributed by atoms with Crippen LogP contribution in [0.3, 0.4) is 0 Å². The third kappa shape index (κ3) is 4.42. The molecule has 2 saturated heterocycles. The first-order valence-corrected chi connectivity index (χ1v) is 10.7. The Morgan fingerprint density at radius 1 is 1.06 bits per heavy atom. The van der Waals surface area contributed by atoms with E-state index in [0.717, 1.165) is 5.69 Å². The van der Waals surface area contributed by atoms with Gasteiger partial charge in [-0.2, -0.15) is 0 Å². The lowest BCUT2D eigenvalue weighted by atomic mass is 10.0. The number of aromatic nitrogens is 2. The van der Waals surface area contributed by atoms with Crippen molar-refractivity contribution in [1.82, 2.24) is 19.8 Å². The van der Waals surface area contributed by atoms with Crippen molar-refractivity contribution >= 4 is 23.4 Å². The van der Waals surface area contributed by atoms with E-state index in [0.29, 0.717) is 44.3 Å². The van der Waals surface area contributed by atoms with Crippen molar-refractivity contribution < 1.29 is 14.4 Å². The van der Waals surface area contributed by atoms with Crippen molar-refractivity contribution in [2.45, 2.75) is 26.2 Å². The van der Waals surface area contributed by atoms with E-state index in [1.807, 2.05) is 18.2 Å². The molecule has 2 aromatic rings. The van der Waals surface area contributed by atoms with Crippen LogP contribution in [0.1, 0.15) is 42.2 Å². The van der Waals surface area contributed by atoms with Gasteiger partial charge in [0.1, 0.15) is 5.69 Å². The lowest BCUT2D eigenvalue weighted by Gasteiger charge is -2.35. The fraction of sp³-hybridized carbons (Fsp3) is 0.435. The molecule has 1 aromatic carbocycles. The summed E-state index contributed by atoms with van der Waals surface area (Å²) in [5, 5.41) is 0. The Labute approximate surface area is 181 Å². The minimum atomic E-state index is -0.350. The monoisotopic (exact) mass is 421 g/mol. The Kier molecular flexibility index (Phi) is 5.97. The van der Waals surface area contributed by atoms with E-state index in [4.69, 9.17) is 0 Å². The number of nitrogens with zero attached hydrogens (tertiary/aromatic N) is 5. The van der Waals surface area contributed by atoms with Crippen LogP contribution in [0.4, 0.5) is 5.69 Å². The number of piperazine rings is 1. The second-order valence-electron chi connectivity index (χ2n) is 8.36. The van der Waals surface area contributed by atoms with Crippen molar-refractivity contribution in [3.8, 4) is 0 Å². The largest absolute Gasteiger partial charge is 0.339 e. The Balaban J connectivity index is 1.36. The van der Waals surface area contributed by atoms with Crippen molar-refractivity contribution in [1.29, 1.82) is 0 Å². The average Bonchev–Trinajstić information content (AvgIpc) is 3.20. The molecule has 0 aliphatic carbocycles. The van der Waals surface area contributed by atoms with Crippen LogP contribution in [0.15, 0.2) is 42.9 Å². The normalized spacial score (nSPS) is 19.3. The molecule has 1 aromatic heterocycles. The van der Waals surface area contributed by atoms with E-state index in [9.17, 15) is 14.4 Å². The molecule has 0 spiro atoms. The number of anilines is 1. The molecule has 1 unspecified atom stereocenters. The number of benzene rings is 1. The summed E-state index contributed by atoms with van der Waals surface area (Å²) in [7, 11) is 0. The van der Waals surface area contributed by atoms with Gasteiger partial charge in [-0.15, -0.1) is 0 Å². The van der Waals surface area contributed by atoms with Crippen LogP contribution in [0.2, 0.25) is 0 Å². The molecular weight excluding hydrogens is 394 g/mol. The summed E-state index contributed by atoms with van der Waals surface area (Å²) in [5.41, 5.74) is 2.33. The molecule has 0 radical (unpaired) electrons. The first kappa shape index (κ1) is 21.0. The summed E-state index contributed by atoms with van der Waals surface area (Å²) in [4.78, 5) is 51.4. The molecule has 1 atom stereocenters. The van der Waals surface area contributed by atoms with Crippen LogP contribution in [0, 0.1) is 5.92 Å². The van der Waals surface area contributed by atoms with E-state index < -0.39 is 0 Å². The number of rotatable bonds is 4. The lowest BCUT2D eigenvalue weighted by Crippen LogP contribution is -2.52. The Morgan fingerprint density at radius 3 is 2.48 bits per heavy atom. The van der Waals surface area contributed by atoms with E-state index in [1.54, 1.807) is 14.7 Å². The minimum absolute atomic E-state index is 0.0116. The van der Waals surface area contributed by atoms with E-state index in [2.05, 4.69) is 29.9 Å². The maximum atomic E-state index is 13.1. The number of amides is 3. The molecule has 2 fully saturated rings. The third-order valence-electron chi connectivity index (χ3n) is 5.98. The quantitative estimate of drug-likeness (QED) is 0.753. The first-order valence-electron chi connectivity index (χ1n) is 10.7. The molecule has 4 rings (SSSR count). The second kappa shape index (κ2) is 8.83. The maximum Gasteiger partial charge on any atom is 0.274 e. The summed E-state index contributed by atoms with van der Waals surface area (Å²) in [6.07, 6.45) is 4.70. The van der Waals surface area contributed by atoms with Gasteiger partial charge in [0.25, 0.3) is 5.91 Å². The smallest absolute Gasteiger partial charge is 0.274 e. The Morgan fingerprint density at radius 2 is 1.81 bits per heavy atom. The molecule has 2 aliphatic rings. The van der Waals surface area contributed by atoms with Crippen LogP contribution in [0.5, 0.6) is 0 Å². The number of hydrogen-bond donors (Lipinski definition) is 0. The van der Waals surface area contributed by atoms with Crippen molar-refractivity contribution in [2.75, 3.05) is 37.6 Å². The van der Waals surface area contributed by atoms with Gasteiger partial charge in [0.2, 0.25) is 11.8 Å². The summed E-state index contributed by atoms with van der Waals surface area (Å²) >= 11 is 0. The molecule has 2 aliphatic heterocycles. The zero-order valence-corrected chi connectivity index (χ0v) is 17.9. The van der Waals surface area contributed by atoms with Gasteiger partial charge in [0, 0.05) is 57.2 Å². The van der Waals surface area contributed by atoms with Crippen LogP contribution in [-0.4, -0.2) is 70.2 Å². The van der Waals surface area contributed by atoms with Gasteiger partial charge in [-0.25, -0.2) is 4.98 Å². The average molecular weight is 422 g/mol. The van der Waals surface area contributed by atoms with Gasteiger partial charge in [-0.3, -0.25) is 19.4 Å². The molecule has 31 heavy (non-hydrogen) atoms. The van der Waals surface area contributed by atoms with E-state index in [-0.39, 0.29) is 30.1 Å². The zero-order valence-electron chi connectivity index (χ0n) is 17.9. The van der Waals surface area contributed by atoms with Crippen LogP contribution < -0.4 is 4.90 Å². The third-order valence-corrected chi connectivity index (χ3v) is 5.98. The maximum absolute atomic E-state index is 13.1. The predicted octanol–water partition coefficient (Wildman–Crippen LogP) is 1.94. The van der Waals surface area contributed by atoms with Crippen LogP contribution in [-0.2, 0) is 9.59 Å². The molecule has 3 amide bonds. The highest BCUT2D eigenvalue weighted by Crippen LogP contribution is 2.29. The highest BCUT2D eigenvalue weighted by molar-refractivity contribution is 6.00. The molecule has 0 N–H and O–H groups in total. The van der Waals surface area contributed by atoms with Gasteiger partial charge in [0.05, 0.1) is 12.1 Å². The summed E-state index contributed by atoms with van der Waals surface area (Å²) < 4.78 is 0. The first-order chi connectivity index (χ1) is 14.9. The van der Waals surface area contributed by atoms with Crippen molar-refractivity contribution in [3.05, 3.63) is 54.1 Å². The minimum Gasteiger partial charge on any atom is -0.339 e. The van der Waals surface area contributed by atoms with E-state index >= 15 is 0 Å². The molecule has 0 saturated carbocycles. The van der Waals surface area contributed by atoms with Crippen molar-refractivity contribution in [3.63, 3.8) is 0 Å². The highest BCUT2D eigenvalue weighted by atomic mass is 16.2. The number of carbonyl (C=O) groups is 3. The van der Waals surface area contributed by atoms with Gasteiger partial charge < -0.3 is 14.7 Å². The van der Waals surface area contributed by atoms with Crippen LogP contribution >= 0.6 is 0 Å². The summed E-state index contributed by atoms with van der Waals surface area (Å²) in [6.45, 7) is 6.44. The number of hydrogen-bond acceptors (Lipinski definition) is 5. The molecule has 8 heteroatoms. The van der Waals surface area contributed by atoms with Gasteiger partial charge in [0.15, 0.2) is 0 Å². The van der Waals surface area contributed by atoms with E-state index in [1.165, 1.54) is 24.2 Å². The molecule has 8 nitrogen and oxygen atoms in total. The highest BCUT2D eigenvalue weighted by Gasteiger charge is 2.38. The fourth-order valence-electron chi connectivity index (χ4n) is 4.13. The molecule has 3 heterocycles. The summed E-state index contributed by atoms with van der Waals surface area (Å²) in [5.74, 6) is -0.181. The zero-order chi connectivity index (χ0) is 22.0. The van der Waals surface area contributed by atoms with Gasteiger partial charge in [-0.05, 0) is 23.6 Å². The SMILES string of the molecule is CC(C)c1cccc(N2CC(C(=O)N3CCN(C(=O)c4cnccn4)CC3)CC2=O)c1. The lowest BCUT2D eigenvalue weighted by molar-refractivity contribution is -0.137. The van der Waals surface area contributed by atoms with Crippen molar-refractivity contribution in [2.24, 2.45) is 5.92 Å². The number of carbonyl (C=O) groups excluding carboxylic acids is 3. The van der Waals surface area contributed by atoms with Crippen LogP contribution in [0.25, 0.3) is 0 Å². The molecule has 0 bridgehead atoms.